The van der Waals surface area contributed by atoms with Gasteiger partial charge >= 0.3 is 0 Å². The second-order valence-corrected chi connectivity index (χ2v) is 12.5. The van der Waals surface area contributed by atoms with Crippen LogP contribution in [0.3, 0.4) is 0 Å². The highest BCUT2D eigenvalue weighted by Crippen LogP contribution is 2.44. The summed E-state index contributed by atoms with van der Waals surface area (Å²) in [5, 5.41) is 17.3. The van der Waals surface area contributed by atoms with Crippen LogP contribution in [-0.4, -0.2) is 44.6 Å². The van der Waals surface area contributed by atoms with Crippen LogP contribution in [0.2, 0.25) is 0 Å². The van der Waals surface area contributed by atoms with Crippen LogP contribution >= 0.6 is 11.8 Å². The van der Waals surface area contributed by atoms with E-state index in [1.807, 2.05) is 30.3 Å². The van der Waals surface area contributed by atoms with Crippen molar-refractivity contribution < 1.29 is 14.1 Å². The average Bonchev–Trinajstić information content (AvgIpc) is 3.42. The van der Waals surface area contributed by atoms with Gasteiger partial charge in [-0.2, -0.15) is 4.98 Å². The molecule has 4 aliphatic rings. The third-order valence-electron chi connectivity index (χ3n) is 9.04. The fraction of sp³-hybridized carbons (Fsp3) is 0.533. The highest BCUT2D eigenvalue weighted by molar-refractivity contribution is 7.99. The Labute approximate surface area is 218 Å². The lowest BCUT2D eigenvalue weighted by Gasteiger charge is -2.51. The van der Waals surface area contributed by atoms with Gasteiger partial charge in [-0.1, -0.05) is 85.1 Å². The second-order valence-electron chi connectivity index (χ2n) is 11.3. The number of piperidine rings is 3. The number of thioether (sulfide) groups is 1. The average molecular weight is 505 g/mol. The minimum atomic E-state index is -1.19. The Morgan fingerprint density at radius 3 is 2.33 bits per heavy atom. The van der Waals surface area contributed by atoms with Gasteiger partial charge < -0.3 is 14.1 Å². The zero-order valence-corrected chi connectivity index (χ0v) is 21.9. The third-order valence-corrected chi connectivity index (χ3v) is 10.5. The first-order valence-electron chi connectivity index (χ1n) is 13.8. The number of fused-ring (bicyclic) bond motifs is 3. The molecule has 2 unspecified atom stereocenters. The van der Waals surface area contributed by atoms with E-state index in [4.69, 9.17) is 9.51 Å². The van der Waals surface area contributed by atoms with Crippen molar-refractivity contribution in [3.63, 3.8) is 0 Å². The molecule has 6 heteroatoms. The number of aliphatic hydroxyl groups is 1. The monoisotopic (exact) mass is 504 g/mol. The van der Waals surface area contributed by atoms with Crippen molar-refractivity contribution in [3.8, 4) is 0 Å². The molecule has 0 radical (unpaired) electrons. The maximum Gasteiger partial charge on any atom is 0.282 e. The van der Waals surface area contributed by atoms with E-state index in [2.05, 4.69) is 47.3 Å². The van der Waals surface area contributed by atoms with Crippen LogP contribution in [0.5, 0.6) is 0 Å². The molecule has 2 atom stereocenters. The minimum Gasteiger partial charge on any atom is -0.377 e. The van der Waals surface area contributed by atoms with Crippen LogP contribution in [0.1, 0.15) is 67.8 Å². The quantitative estimate of drug-likeness (QED) is 0.386. The molecular formula is C30H38N3O2S+. The number of quaternary nitrogens is 1. The summed E-state index contributed by atoms with van der Waals surface area (Å²) >= 11 is 2.13. The molecule has 0 amide bonds. The summed E-state index contributed by atoms with van der Waals surface area (Å²) in [6.45, 7) is 4.33. The zero-order valence-electron chi connectivity index (χ0n) is 21.1. The standard InChI is InChI=1S/C30H38N3O2S/c34-30(25-12-6-2-7-13-25,26-14-8-3-9-15-26)29-31-28(35-32-29)21-33-18-16-24(17-19-33)27(20-33)36-22-23-10-4-1-5-11-23/h1-2,4-7,10-13,24,26-27,34H,3,8-9,14-22H2/q+1. The lowest BCUT2D eigenvalue weighted by Crippen LogP contribution is -2.62. The van der Waals surface area contributed by atoms with Gasteiger partial charge in [-0.25, -0.2) is 0 Å². The predicted molar refractivity (Wildman–Crippen MR) is 143 cm³/mol. The summed E-state index contributed by atoms with van der Waals surface area (Å²) in [5.41, 5.74) is 1.11. The molecule has 190 valence electrons. The fourth-order valence-electron chi connectivity index (χ4n) is 6.93. The van der Waals surface area contributed by atoms with Gasteiger partial charge in [0.1, 0.15) is 0 Å². The van der Waals surface area contributed by atoms with Crippen LogP contribution in [-0.2, 0) is 17.9 Å². The SMILES string of the molecule is OC(c1ccccc1)(c1noc(C[N+]23CCC(CC2)C(SCc2ccccc2)C3)n1)C1CCCCC1. The van der Waals surface area contributed by atoms with Crippen LogP contribution in [0.15, 0.2) is 65.2 Å². The van der Waals surface area contributed by atoms with Crippen molar-refractivity contribution in [2.24, 2.45) is 11.8 Å². The Kier molecular flexibility index (Phi) is 6.93. The van der Waals surface area contributed by atoms with Gasteiger partial charge in [0, 0.05) is 18.6 Å². The molecule has 2 bridgehead atoms. The maximum atomic E-state index is 12.2. The van der Waals surface area contributed by atoms with Gasteiger partial charge in [0.15, 0.2) is 12.1 Å². The Morgan fingerprint density at radius 1 is 0.917 bits per heavy atom. The first kappa shape index (κ1) is 24.2. The van der Waals surface area contributed by atoms with E-state index in [1.54, 1.807) is 0 Å². The van der Waals surface area contributed by atoms with Crippen LogP contribution in [0.25, 0.3) is 0 Å². The van der Waals surface area contributed by atoms with E-state index < -0.39 is 5.60 Å². The van der Waals surface area contributed by atoms with Gasteiger partial charge in [0.25, 0.3) is 5.89 Å². The van der Waals surface area contributed by atoms with Crippen LogP contribution in [0.4, 0.5) is 0 Å². The molecule has 4 heterocycles. The summed E-state index contributed by atoms with van der Waals surface area (Å²) in [6.07, 6.45) is 8.09. The first-order chi connectivity index (χ1) is 17.6. The molecule has 36 heavy (non-hydrogen) atoms. The number of hydrogen-bond acceptors (Lipinski definition) is 5. The van der Waals surface area contributed by atoms with Crippen molar-refractivity contribution in [1.82, 2.24) is 10.1 Å². The summed E-state index contributed by atoms with van der Waals surface area (Å²) in [6, 6.07) is 20.8. The summed E-state index contributed by atoms with van der Waals surface area (Å²) < 4.78 is 6.93. The van der Waals surface area contributed by atoms with Crippen molar-refractivity contribution in [2.75, 3.05) is 19.6 Å². The molecule has 5 nitrogen and oxygen atoms in total. The van der Waals surface area contributed by atoms with Gasteiger partial charge in [-0.3, -0.25) is 0 Å². The molecule has 2 aromatic carbocycles. The molecule has 4 fully saturated rings. The largest absolute Gasteiger partial charge is 0.377 e. The minimum absolute atomic E-state index is 0.121. The van der Waals surface area contributed by atoms with Crippen molar-refractivity contribution >= 4 is 11.8 Å². The normalized spacial score (nSPS) is 28.1. The van der Waals surface area contributed by atoms with E-state index in [0.29, 0.717) is 17.0 Å². The lowest BCUT2D eigenvalue weighted by molar-refractivity contribution is -0.955. The zero-order chi connectivity index (χ0) is 24.4. The van der Waals surface area contributed by atoms with Gasteiger partial charge in [-0.05, 0) is 35.8 Å². The van der Waals surface area contributed by atoms with Crippen molar-refractivity contribution in [3.05, 3.63) is 83.5 Å². The van der Waals surface area contributed by atoms with Crippen LogP contribution in [0, 0.1) is 11.8 Å². The highest BCUT2D eigenvalue weighted by atomic mass is 32.2. The summed E-state index contributed by atoms with van der Waals surface area (Å²) in [7, 11) is 0. The van der Waals surface area contributed by atoms with Gasteiger partial charge in [0.2, 0.25) is 5.82 Å². The second kappa shape index (κ2) is 10.3. The number of hydrogen-bond donors (Lipinski definition) is 1. The van der Waals surface area contributed by atoms with Crippen LogP contribution < -0.4 is 0 Å². The molecule has 3 saturated heterocycles. The van der Waals surface area contributed by atoms with E-state index in [0.717, 1.165) is 53.9 Å². The molecule has 0 spiro atoms. The maximum absolute atomic E-state index is 12.2. The molecular weight excluding hydrogens is 466 g/mol. The predicted octanol–water partition coefficient (Wildman–Crippen LogP) is 5.93. The first-order valence-corrected chi connectivity index (χ1v) is 14.8. The molecule has 3 aromatic rings. The lowest BCUT2D eigenvalue weighted by atomic mass is 9.73. The number of aromatic nitrogens is 2. The Balaban J connectivity index is 1.20. The van der Waals surface area contributed by atoms with Gasteiger partial charge in [-0.15, -0.1) is 11.8 Å². The van der Waals surface area contributed by atoms with Gasteiger partial charge in [0.05, 0.1) is 24.9 Å². The fourth-order valence-corrected chi connectivity index (χ4v) is 8.50. The molecule has 3 aliphatic heterocycles. The summed E-state index contributed by atoms with van der Waals surface area (Å²) in [4.78, 5) is 4.91. The smallest absolute Gasteiger partial charge is 0.282 e. The van der Waals surface area contributed by atoms with Crippen molar-refractivity contribution in [2.45, 2.75) is 68.1 Å². The number of rotatable bonds is 8. The topological polar surface area (TPSA) is 59.2 Å². The van der Waals surface area contributed by atoms with E-state index in [9.17, 15) is 5.11 Å². The molecule has 1 N–H and O–H groups in total. The van der Waals surface area contributed by atoms with E-state index in [1.165, 1.54) is 44.5 Å². The molecule has 1 aliphatic carbocycles. The third kappa shape index (κ3) is 4.75. The number of benzene rings is 2. The summed E-state index contributed by atoms with van der Waals surface area (Å²) in [5.74, 6) is 3.16. The van der Waals surface area contributed by atoms with E-state index >= 15 is 0 Å². The Hall–Kier alpha value is -2.15. The van der Waals surface area contributed by atoms with E-state index in [-0.39, 0.29) is 5.92 Å². The van der Waals surface area contributed by atoms with Crippen molar-refractivity contribution in [1.29, 1.82) is 0 Å². The highest BCUT2D eigenvalue weighted by Gasteiger charge is 2.48. The number of nitrogens with zero attached hydrogens (tertiary/aromatic N) is 3. The molecule has 1 aromatic heterocycles. The molecule has 1 saturated carbocycles. The Morgan fingerprint density at radius 2 is 1.61 bits per heavy atom. The molecule has 7 rings (SSSR count). The Bertz CT molecular complexity index is 1120.